The number of rotatable bonds is 5. The lowest BCUT2D eigenvalue weighted by molar-refractivity contribution is 0.0512. The summed E-state index contributed by atoms with van der Waals surface area (Å²) in [6, 6.07) is 5.24. The quantitative estimate of drug-likeness (QED) is 0.836. The minimum absolute atomic E-state index is 0.0479. The molecule has 0 aliphatic carbocycles. The van der Waals surface area contributed by atoms with Gasteiger partial charge < -0.3 is 14.2 Å². The fraction of sp³-hybridized carbons (Fsp3) is 0.308. The first-order valence-electron chi connectivity index (χ1n) is 6.01. The van der Waals surface area contributed by atoms with Gasteiger partial charge in [0.2, 0.25) is 5.82 Å². The molecule has 0 aliphatic rings. The van der Waals surface area contributed by atoms with E-state index in [2.05, 4.69) is 15.2 Å². The number of nitrogens with one attached hydrogen (secondary N) is 1. The second-order valence-electron chi connectivity index (χ2n) is 3.79. The molecule has 1 aromatic heterocycles. The number of aromatic nitrogens is 3. The fourth-order valence-electron chi connectivity index (χ4n) is 1.66. The Kier molecular flexibility index (Phi) is 4.19. The number of aromatic amines is 1. The highest BCUT2D eigenvalue weighted by Crippen LogP contribution is 2.31. The molecule has 20 heavy (non-hydrogen) atoms. The molecule has 7 nitrogen and oxygen atoms in total. The Labute approximate surface area is 115 Å². The third kappa shape index (κ3) is 2.71. The van der Waals surface area contributed by atoms with Crippen molar-refractivity contribution in [2.24, 2.45) is 0 Å². The predicted molar refractivity (Wildman–Crippen MR) is 70.9 cm³/mol. The van der Waals surface area contributed by atoms with Crippen molar-refractivity contribution in [1.29, 1.82) is 0 Å². The Bertz CT molecular complexity index is 609. The van der Waals surface area contributed by atoms with Crippen LogP contribution in [0.5, 0.6) is 11.5 Å². The van der Waals surface area contributed by atoms with Crippen LogP contribution < -0.4 is 9.47 Å². The molecule has 0 radical (unpaired) electrons. The molecular formula is C13H15N3O4. The zero-order valence-corrected chi connectivity index (χ0v) is 11.5. The summed E-state index contributed by atoms with van der Waals surface area (Å²) in [5.41, 5.74) is 0.624. The number of benzene rings is 1. The summed E-state index contributed by atoms with van der Waals surface area (Å²) in [5, 5.41) is 6.55. The number of carbonyl (C=O) groups is 1. The molecule has 0 bridgehead atoms. The van der Waals surface area contributed by atoms with Gasteiger partial charge in [0.05, 0.1) is 26.4 Å². The zero-order chi connectivity index (χ0) is 14.5. The first-order valence-corrected chi connectivity index (χ1v) is 6.01. The SMILES string of the molecule is CCOC(=O)c1nc(-c2cc(OC)ccc2OC)n[nH]1. The molecule has 1 heterocycles. The van der Waals surface area contributed by atoms with Crippen molar-refractivity contribution in [2.45, 2.75) is 6.92 Å². The van der Waals surface area contributed by atoms with Crippen LogP contribution in [0.3, 0.4) is 0 Å². The average molecular weight is 277 g/mol. The number of methoxy groups -OCH3 is 2. The van der Waals surface area contributed by atoms with Crippen molar-refractivity contribution < 1.29 is 19.0 Å². The largest absolute Gasteiger partial charge is 0.497 e. The van der Waals surface area contributed by atoms with Gasteiger partial charge in [-0.3, -0.25) is 5.10 Å². The van der Waals surface area contributed by atoms with Gasteiger partial charge in [-0.2, -0.15) is 5.10 Å². The zero-order valence-electron chi connectivity index (χ0n) is 11.5. The van der Waals surface area contributed by atoms with Gasteiger partial charge in [-0.25, -0.2) is 9.78 Å². The number of H-pyrrole nitrogens is 1. The topological polar surface area (TPSA) is 86.3 Å². The van der Waals surface area contributed by atoms with E-state index in [0.717, 1.165) is 0 Å². The average Bonchev–Trinajstić information content (AvgIpc) is 2.96. The van der Waals surface area contributed by atoms with Gasteiger partial charge in [-0.15, -0.1) is 0 Å². The molecular weight excluding hydrogens is 262 g/mol. The molecule has 0 fully saturated rings. The van der Waals surface area contributed by atoms with E-state index in [1.54, 1.807) is 39.3 Å². The molecule has 0 unspecified atom stereocenters. The maximum atomic E-state index is 11.6. The number of carbonyl (C=O) groups excluding carboxylic acids is 1. The Hall–Kier alpha value is -2.57. The number of hydrogen-bond acceptors (Lipinski definition) is 6. The van der Waals surface area contributed by atoms with Crippen LogP contribution in [-0.4, -0.2) is 42.0 Å². The smallest absolute Gasteiger partial charge is 0.375 e. The number of ether oxygens (including phenoxy) is 3. The van der Waals surface area contributed by atoms with E-state index in [9.17, 15) is 4.79 Å². The molecule has 1 aromatic carbocycles. The van der Waals surface area contributed by atoms with Gasteiger partial charge in [0.25, 0.3) is 0 Å². The van der Waals surface area contributed by atoms with Gasteiger partial charge >= 0.3 is 5.97 Å². The van der Waals surface area contributed by atoms with E-state index >= 15 is 0 Å². The van der Waals surface area contributed by atoms with Crippen LogP contribution in [0.15, 0.2) is 18.2 Å². The molecule has 7 heteroatoms. The minimum Gasteiger partial charge on any atom is -0.497 e. The third-order valence-electron chi connectivity index (χ3n) is 2.60. The summed E-state index contributed by atoms with van der Waals surface area (Å²) in [5.74, 6) is 1.06. The Morgan fingerprint density at radius 3 is 2.75 bits per heavy atom. The van der Waals surface area contributed by atoms with E-state index in [1.165, 1.54) is 0 Å². The van der Waals surface area contributed by atoms with Crippen LogP contribution in [0.4, 0.5) is 0 Å². The molecule has 1 N–H and O–H groups in total. The van der Waals surface area contributed by atoms with Gasteiger partial charge in [0, 0.05) is 0 Å². The standard InChI is InChI=1S/C13H15N3O4/c1-4-20-13(17)12-14-11(15-16-12)9-7-8(18-2)5-6-10(9)19-3/h5-7H,4H2,1-3H3,(H,14,15,16). The number of nitrogens with zero attached hydrogens (tertiary/aromatic N) is 2. The molecule has 0 saturated heterocycles. The summed E-state index contributed by atoms with van der Waals surface area (Å²) >= 11 is 0. The highest BCUT2D eigenvalue weighted by atomic mass is 16.5. The second-order valence-corrected chi connectivity index (χ2v) is 3.79. The Morgan fingerprint density at radius 2 is 2.10 bits per heavy atom. The van der Waals surface area contributed by atoms with E-state index in [4.69, 9.17) is 14.2 Å². The van der Waals surface area contributed by atoms with E-state index in [0.29, 0.717) is 22.9 Å². The summed E-state index contributed by atoms with van der Waals surface area (Å²) in [6.07, 6.45) is 0. The monoisotopic (exact) mass is 277 g/mol. The predicted octanol–water partition coefficient (Wildman–Crippen LogP) is 1.67. The molecule has 0 aliphatic heterocycles. The van der Waals surface area contributed by atoms with Crippen molar-refractivity contribution >= 4 is 5.97 Å². The molecule has 106 valence electrons. The van der Waals surface area contributed by atoms with Crippen LogP contribution in [0.25, 0.3) is 11.4 Å². The van der Waals surface area contributed by atoms with Gasteiger partial charge in [-0.05, 0) is 25.1 Å². The molecule has 2 aromatic rings. The van der Waals surface area contributed by atoms with Crippen LogP contribution in [0.2, 0.25) is 0 Å². The van der Waals surface area contributed by atoms with E-state index in [-0.39, 0.29) is 12.4 Å². The Balaban J connectivity index is 2.38. The molecule has 0 spiro atoms. The summed E-state index contributed by atoms with van der Waals surface area (Å²) in [7, 11) is 3.11. The van der Waals surface area contributed by atoms with E-state index < -0.39 is 5.97 Å². The highest BCUT2D eigenvalue weighted by molar-refractivity contribution is 5.85. The van der Waals surface area contributed by atoms with E-state index in [1.807, 2.05) is 0 Å². The molecule has 0 saturated carbocycles. The van der Waals surface area contributed by atoms with Crippen LogP contribution in [0.1, 0.15) is 17.5 Å². The first kappa shape index (κ1) is 13.9. The van der Waals surface area contributed by atoms with Gasteiger partial charge in [-0.1, -0.05) is 0 Å². The normalized spacial score (nSPS) is 10.2. The summed E-state index contributed by atoms with van der Waals surface area (Å²) in [6.45, 7) is 2.00. The lowest BCUT2D eigenvalue weighted by Crippen LogP contribution is -2.06. The van der Waals surface area contributed by atoms with Crippen LogP contribution >= 0.6 is 0 Å². The van der Waals surface area contributed by atoms with Crippen LogP contribution in [0, 0.1) is 0 Å². The highest BCUT2D eigenvalue weighted by Gasteiger charge is 2.17. The third-order valence-corrected chi connectivity index (χ3v) is 2.60. The summed E-state index contributed by atoms with van der Waals surface area (Å²) in [4.78, 5) is 15.7. The molecule has 2 rings (SSSR count). The first-order chi connectivity index (χ1) is 9.69. The van der Waals surface area contributed by atoms with Crippen molar-refractivity contribution in [3.63, 3.8) is 0 Å². The van der Waals surface area contributed by atoms with Crippen molar-refractivity contribution in [2.75, 3.05) is 20.8 Å². The second kappa shape index (κ2) is 6.05. The fourth-order valence-corrected chi connectivity index (χ4v) is 1.66. The van der Waals surface area contributed by atoms with Gasteiger partial charge in [0.1, 0.15) is 11.5 Å². The minimum atomic E-state index is -0.548. The molecule has 0 amide bonds. The lowest BCUT2D eigenvalue weighted by atomic mass is 10.2. The van der Waals surface area contributed by atoms with Crippen molar-refractivity contribution in [3.8, 4) is 22.9 Å². The maximum Gasteiger partial charge on any atom is 0.375 e. The van der Waals surface area contributed by atoms with Crippen LogP contribution in [-0.2, 0) is 4.74 Å². The number of esters is 1. The Morgan fingerprint density at radius 1 is 1.30 bits per heavy atom. The van der Waals surface area contributed by atoms with Crippen molar-refractivity contribution in [1.82, 2.24) is 15.2 Å². The summed E-state index contributed by atoms with van der Waals surface area (Å²) < 4.78 is 15.3. The maximum absolute atomic E-state index is 11.6. The lowest BCUT2D eigenvalue weighted by Gasteiger charge is -2.07. The number of hydrogen-bond donors (Lipinski definition) is 1. The van der Waals surface area contributed by atoms with Crippen molar-refractivity contribution in [3.05, 3.63) is 24.0 Å². The molecule has 0 atom stereocenters. The van der Waals surface area contributed by atoms with Gasteiger partial charge in [0.15, 0.2) is 5.82 Å².